The van der Waals surface area contributed by atoms with E-state index >= 15 is 0 Å². The van der Waals surface area contributed by atoms with E-state index in [0.29, 0.717) is 5.56 Å². The first kappa shape index (κ1) is 14.9. The van der Waals surface area contributed by atoms with Crippen LogP contribution in [0.2, 0.25) is 0 Å². The van der Waals surface area contributed by atoms with Gasteiger partial charge in [0.25, 0.3) is 5.91 Å². The van der Waals surface area contributed by atoms with E-state index in [-0.39, 0.29) is 18.9 Å². The second-order valence-electron chi connectivity index (χ2n) is 4.27. The van der Waals surface area contributed by atoms with Gasteiger partial charge in [0.05, 0.1) is 11.3 Å². The van der Waals surface area contributed by atoms with Crippen molar-refractivity contribution in [3.05, 3.63) is 23.5 Å². The molecule has 6 nitrogen and oxygen atoms in total. The maximum atomic E-state index is 12.0. The number of nitrogens with two attached hydrogens (primary N) is 1. The molecule has 0 spiro atoms. The molecule has 1 aromatic heterocycles. The number of hydrogen-bond acceptors (Lipinski definition) is 4. The molecule has 0 aliphatic rings. The van der Waals surface area contributed by atoms with E-state index in [1.807, 2.05) is 19.9 Å². The molecule has 0 aliphatic heterocycles. The van der Waals surface area contributed by atoms with Crippen molar-refractivity contribution >= 4 is 17.5 Å². The minimum Gasteiger partial charge on any atom is -0.384 e. The Morgan fingerprint density at radius 1 is 1.37 bits per heavy atom. The molecule has 0 unspecified atom stereocenters. The Morgan fingerprint density at radius 2 is 2.11 bits per heavy atom. The lowest BCUT2D eigenvalue weighted by molar-refractivity contribution is -0.117. The van der Waals surface area contributed by atoms with Gasteiger partial charge in [-0.05, 0) is 19.4 Å². The highest BCUT2D eigenvalue weighted by molar-refractivity contribution is 5.99. The van der Waals surface area contributed by atoms with Crippen LogP contribution in [0.5, 0.6) is 0 Å². The number of primary amides is 1. The van der Waals surface area contributed by atoms with Gasteiger partial charge >= 0.3 is 0 Å². The molecule has 6 heteroatoms. The van der Waals surface area contributed by atoms with Crippen molar-refractivity contribution in [2.45, 2.75) is 26.7 Å². The summed E-state index contributed by atoms with van der Waals surface area (Å²) in [5.41, 5.74) is 7.09. The molecule has 0 radical (unpaired) electrons. The number of nitrogens with one attached hydrogen (secondary N) is 2. The Kier molecular flexibility index (Phi) is 5.78. The molecule has 0 bridgehead atoms. The summed E-state index contributed by atoms with van der Waals surface area (Å²) >= 11 is 0. The zero-order valence-electron chi connectivity index (χ0n) is 11.3. The predicted octanol–water partition coefficient (Wildman–Crippen LogP) is 0.817. The maximum absolute atomic E-state index is 12.0. The number of carbonyl (C=O) groups excluding carboxylic acids is 2. The normalized spacial score (nSPS) is 10.0. The van der Waals surface area contributed by atoms with Crippen molar-refractivity contribution in [2.24, 2.45) is 5.73 Å². The number of nitrogens with zero attached hydrogens (tertiary/aromatic N) is 1. The Morgan fingerprint density at radius 3 is 2.74 bits per heavy atom. The van der Waals surface area contributed by atoms with Crippen LogP contribution in [0.4, 0.5) is 5.69 Å². The van der Waals surface area contributed by atoms with E-state index in [0.717, 1.165) is 24.3 Å². The van der Waals surface area contributed by atoms with Gasteiger partial charge in [-0.1, -0.05) is 6.92 Å². The third kappa shape index (κ3) is 4.95. The molecule has 0 aliphatic carbocycles. The van der Waals surface area contributed by atoms with Gasteiger partial charge in [0.1, 0.15) is 0 Å². The summed E-state index contributed by atoms with van der Waals surface area (Å²) in [6.45, 7) is 4.93. The first-order valence-corrected chi connectivity index (χ1v) is 6.31. The van der Waals surface area contributed by atoms with Gasteiger partial charge in [-0.25, -0.2) is 0 Å². The molecule has 0 atom stereocenters. The van der Waals surface area contributed by atoms with E-state index in [9.17, 15) is 9.59 Å². The summed E-state index contributed by atoms with van der Waals surface area (Å²) in [7, 11) is 0. The molecule has 2 amide bonds. The first-order chi connectivity index (χ1) is 9.04. The van der Waals surface area contributed by atoms with Crippen LogP contribution in [-0.4, -0.2) is 29.9 Å². The fraction of sp³-hybridized carbons (Fsp3) is 0.462. The van der Waals surface area contributed by atoms with Crippen LogP contribution in [-0.2, 0) is 4.79 Å². The van der Waals surface area contributed by atoms with Crippen molar-refractivity contribution in [3.8, 4) is 0 Å². The van der Waals surface area contributed by atoms with Gasteiger partial charge in [-0.15, -0.1) is 0 Å². The van der Waals surface area contributed by atoms with E-state index in [1.165, 1.54) is 6.20 Å². The molecule has 0 saturated carbocycles. The number of aromatic nitrogens is 1. The quantitative estimate of drug-likeness (QED) is 0.679. The number of rotatable bonds is 7. The van der Waals surface area contributed by atoms with Crippen LogP contribution in [0.3, 0.4) is 0 Å². The highest BCUT2D eigenvalue weighted by Crippen LogP contribution is 2.15. The molecular formula is C13H20N4O2. The van der Waals surface area contributed by atoms with Gasteiger partial charge in [-0.3, -0.25) is 14.6 Å². The van der Waals surface area contributed by atoms with Gasteiger partial charge < -0.3 is 16.4 Å². The van der Waals surface area contributed by atoms with Crippen LogP contribution >= 0.6 is 0 Å². The molecule has 0 aromatic carbocycles. The average Bonchev–Trinajstić information content (AvgIpc) is 2.35. The lowest BCUT2D eigenvalue weighted by Crippen LogP contribution is -2.28. The Hall–Kier alpha value is -2.11. The van der Waals surface area contributed by atoms with Gasteiger partial charge in [0, 0.05) is 31.4 Å². The Labute approximate surface area is 112 Å². The van der Waals surface area contributed by atoms with Crippen LogP contribution in [0, 0.1) is 6.92 Å². The average molecular weight is 264 g/mol. The summed E-state index contributed by atoms with van der Waals surface area (Å²) in [5, 5.41) is 5.84. The molecule has 19 heavy (non-hydrogen) atoms. The number of carbonyl (C=O) groups is 2. The Balaban J connectivity index is 2.74. The van der Waals surface area contributed by atoms with E-state index in [1.54, 1.807) is 0 Å². The van der Waals surface area contributed by atoms with Crippen LogP contribution in [0.15, 0.2) is 12.3 Å². The lowest BCUT2D eigenvalue weighted by Gasteiger charge is -2.11. The summed E-state index contributed by atoms with van der Waals surface area (Å²) in [5.74, 6) is -0.695. The number of pyridine rings is 1. The number of anilines is 1. The van der Waals surface area contributed by atoms with Crippen LogP contribution in [0.1, 0.15) is 35.8 Å². The molecule has 0 fully saturated rings. The molecule has 1 heterocycles. The molecule has 0 saturated heterocycles. The molecule has 1 aromatic rings. The van der Waals surface area contributed by atoms with Gasteiger partial charge in [0.15, 0.2) is 0 Å². The number of amides is 2. The number of aryl methyl sites for hydroxylation is 1. The minimum atomic E-state index is -0.438. The Bertz CT molecular complexity index is 460. The molecule has 1 rings (SSSR count). The molecule has 4 N–H and O–H groups in total. The zero-order valence-corrected chi connectivity index (χ0v) is 11.3. The third-order valence-corrected chi connectivity index (χ3v) is 2.51. The summed E-state index contributed by atoms with van der Waals surface area (Å²) < 4.78 is 0. The lowest BCUT2D eigenvalue weighted by atomic mass is 10.2. The zero-order chi connectivity index (χ0) is 14.3. The monoisotopic (exact) mass is 264 g/mol. The number of hydrogen-bond donors (Lipinski definition) is 3. The highest BCUT2D eigenvalue weighted by atomic mass is 16.2. The van der Waals surface area contributed by atoms with E-state index in [2.05, 4.69) is 15.6 Å². The second-order valence-corrected chi connectivity index (χ2v) is 4.27. The van der Waals surface area contributed by atoms with E-state index in [4.69, 9.17) is 5.73 Å². The summed E-state index contributed by atoms with van der Waals surface area (Å²) in [6, 6.07) is 1.83. The standard InChI is InChI=1S/C13H20N4O2/c1-3-5-15-11-7-9(2)17-8-10(11)13(19)16-6-4-12(14)18/h7-8H,3-6H2,1-2H3,(H2,14,18)(H,15,17)(H,16,19). The fourth-order valence-corrected chi connectivity index (χ4v) is 1.54. The third-order valence-electron chi connectivity index (χ3n) is 2.51. The smallest absolute Gasteiger partial charge is 0.254 e. The first-order valence-electron chi connectivity index (χ1n) is 6.31. The predicted molar refractivity (Wildman–Crippen MR) is 73.9 cm³/mol. The SMILES string of the molecule is CCCNc1cc(C)ncc1C(=O)NCCC(N)=O. The molecule has 104 valence electrons. The molecular weight excluding hydrogens is 244 g/mol. The highest BCUT2D eigenvalue weighted by Gasteiger charge is 2.12. The van der Waals surface area contributed by atoms with Crippen molar-refractivity contribution in [2.75, 3.05) is 18.4 Å². The topological polar surface area (TPSA) is 97.1 Å². The van der Waals surface area contributed by atoms with Crippen molar-refractivity contribution in [3.63, 3.8) is 0 Å². The van der Waals surface area contributed by atoms with Crippen molar-refractivity contribution in [1.82, 2.24) is 10.3 Å². The maximum Gasteiger partial charge on any atom is 0.254 e. The van der Waals surface area contributed by atoms with Crippen LogP contribution in [0.25, 0.3) is 0 Å². The minimum absolute atomic E-state index is 0.128. The van der Waals surface area contributed by atoms with E-state index < -0.39 is 5.91 Å². The summed E-state index contributed by atoms with van der Waals surface area (Å²) in [4.78, 5) is 26.7. The largest absolute Gasteiger partial charge is 0.384 e. The van der Waals surface area contributed by atoms with Gasteiger partial charge in [0.2, 0.25) is 5.91 Å². The fourth-order valence-electron chi connectivity index (χ4n) is 1.54. The summed E-state index contributed by atoms with van der Waals surface area (Å²) in [6.07, 6.45) is 2.62. The second kappa shape index (κ2) is 7.35. The van der Waals surface area contributed by atoms with Crippen LogP contribution < -0.4 is 16.4 Å². The van der Waals surface area contributed by atoms with Gasteiger partial charge in [-0.2, -0.15) is 0 Å². The van der Waals surface area contributed by atoms with Crippen molar-refractivity contribution < 1.29 is 9.59 Å². The van der Waals surface area contributed by atoms with Crippen molar-refractivity contribution in [1.29, 1.82) is 0 Å².